The van der Waals surface area contributed by atoms with Crippen LogP contribution in [0.4, 0.5) is 0 Å². The number of esters is 1. The third kappa shape index (κ3) is 61.2. The van der Waals surface area contributed by atoms with Crippen LogP contribution in [0.2, 0.25) is 0 Å². The number of aliphatic hydroxyl groups excluding tert-OH is 2. The van der Waals surface area contributed by atoms with Crippen LogP contribution in [0.15, 0.2) is 36.5 Å². The molecule has 0 aromatic carbocycles. The molecule has 0 fully saturated rings. The van der Waals surface area contributed by atoms with Crippen LogP contribution in [0.1, 0.15) is 367 Å². The van der Waals surface area contributed by atoms with Crippen molar-refractivity contribution in [2.45, 2.75) is 379 Å². The molecule has 0 bridgehead atoms. The molecule has 6 nitrogen and oxygen atoms in total. The zero-order valence-electron chi connectivity index (χ0n) is 50.5. The summed E-state index contributed by atoms with van der Waals surface area (Å²) >= 11 is 0. The number of carbonyl (C=O) groups is 2. The Morgan fingerprint density at radius 1 is 0.373 bits per heavy atom. The zero-order chi connectivity index (χ0) is 54.3. The summed E-state index contributed by atoms with van der Waals surface area (Å²) in [5, 5.41) is 23.1. The van der Waals surface area contributed by atoms with E-state index in [0.717, 1.165) is 51.4 Å². The normalized spacial score (nSPS) is 12.7. The maximum Gasteiger partial charge on any atom is 0.305 e. The molecule has 2 atom stereocenters. The van der Waals surface area contributed by atoms with Gasteiger partial charge in [-0.25, -0.2) is 0 Å². The molecule has 0 saturated heterocycles. The van der Waals surface area contributed by atoms with E-state index in [1.807, 2.05) is 6.08 Å². The summed E-state index contributed by atoms with van der Waals surface area (Å²) < 4.78 is 5.51. The van der Waals surface area contributed by atoms with Crippen molar-refractivity contribution >= 4 is 11.9 Å². The van der Waals surface area contributed by atoms with Gasteiger partial charge in [-0.1, -0.05) is 326 Å². The Bertz CT molecular complexity index is 1210. The Hall–Kier alpha value is -1.92. The number of aliphatic hydroxyl groups is 2. The van der Waals surface area contributed by atoms with E-state index >= 15 is 0 Å². The van der Waals surface area contributed by atoms with E-state index in [0.29, 0.717) is 19.4 Å². The van der Waals surface area contributed by atoms with Gasteiger partial charge in [-0.15, -0.1) is 0 Å². The molecule has 6 heteroatoms. The number of amides is 1. The maximum atomic E-state index is 12.5. The van der Waals surface area contributed by atoms with Gasteiger partial charge in [-0.05, 0) is 64.2 Å². The van der Waals surface area contributed by atoms with Crippen molar-refractivity contribution in [3.63, 3.8) is 0 Å². The predicted molar refractivity (Wildman–Crippen MR) is 329 cm³/mol. The first-order valence-electron chi connectivity index (χ1n) is 33.8. The summed E-state index contributed by atoms with van der Waals surface area (Å²) in [6.45, 7) is 4.90. The third-order valence-electron chi connectivity index (χ3n) is 15.7. The lowest BCUT2D eigenvalue weighted by Gasteiger charge is -2.20. The van der Waals surface area contributed by atoms with Crippen molar-refractivity contribution in [2.24, 2.45) is 0 Å². The number of nitrogens with one attached hydrogen (secondary N) is 1. The zero-order valence-corrected chi connectivity index (χ0v) is 50.5. The molecule has 0 aromatic rings. The Labute approximate surface area is 468 Å². The number of carbonyl (C=O) groups excluding carboxylic acids is 2. The van der Waals surface area contributed by atoms with Gasteiger partial charge in [0.15, 0.2) is 0 Å². The maximum absolute atomic E-state index is 12.5. The average molecular weight is 1050 g/mol. The lowest BCUT2D eigenvalue weighted by atomic mass is 10.0. The summed E-state index contributed by atoms with van der Waals surface area (Å²) in [4.78, 5) is 24.6. The van der Waals surface area contributed by atoms with E-state index in [-0.39, 0.29) is 18.5 Å². The van der Waals surface area contributed by atoms with Crippen LogP contribution in [-0.2, 0) is 14.3 Å². The number of hydrogen-bond donors (Lipinski definition) is 3. The molecular weight excluding hydrogens is 923 g/mol. The van der Waals surface area contributed by atoms with Gasteiger partial charge in [-0.3, -0.25) is 9.59 Å². The summed E-state index contributed by atoms with van der Waals surface area (Å²) in [5.41, 5.74) is 0. The second-order valence-electron chi connectivity index (χ2n) is 23.2. The minimum atomic E-state index is -0.842. The van der Waals surface area contributed by atoms with Gasteiger partial charge in [-0.2, -0.15) is 0 Å². The minimum absolute atomic E-state index is 0.0133. The lowest BCUT2D eigenvalue weighted by Crippen LogP contribution is -2.45. The molecule has 0 saturated carbocycles. The van der Waals surface area contributed by atoms with E-state index in [1.165, 1.54) is 289 Å². The van der Waals surface area contributed by atoms with E-state index in [4.69, 9.17) is 4.74 Å². The van der Waals surface area contributed by atoms with Crippen LogP contribution in [0, 0.1) is 0 Å². The molecule has 0 aliphatic carbocycles. The Morgan fingerprint density at radius 3 is 1.04 bits per heavy atom. The number of ether oxygens (including phenoxy) is 1. The van der Waals surface area contributed by atoms with E-state index in [9.17, 15) is 19.8 Å². The van der Waals surface area contributed by atoms with Crippen molar-refractivity contribution in [1.82, 2.24) is 5.32 Å². The molecule has 0 spiro atoms. The molecule has 442 valence electrons. The lowest BCUT2D eigenvalue weighted by molar-refractivity contribution is -0.143. The molecule has 0 heterocycles. The summed E-state index contributed by atoms with van der Waals surface area (Å²) in [5.74, 6) is -0.0515. The highest BCUT2D eigenvalue weighted by Gasteiger charge is 2.18. The fourth-order valence-corrected chi connectivity index (χ4v) is 10.5. The highest BCUT2D eigenvalue weighted by molar-refractivity contribution is 5.76. The SMILES string of the molecule is CCCCC/C=C\C/C=C\CCCCCCCCCCCC(=O)OCCCCCCCCCCCCCCCCCCCCCCCCCCCCC(=O)NC(CO)C(O)/C=C/CCCCCCCCCCCCC. The second-order valence-corrected chi connectivity index (χ2v) is 23.2. The molecule has 0 aliphatic heterocycles. The first kappa shape index (κ1) is 73.1. The number of unbranched alkanes of at least 4 members (excludes halogenated alkanes) is 48. The first-order chi connectivity index (χ1) is 37.0. The third-order valence-corrected chi connectivity index (χ3v) is 15.7. The van der Waals surface area contributed by atoms with E-state index < -0.39 is 12.1 Å². The molecule has 2 unspecified atom stereocenters. The summed E-state index contributed by atoms with van der Waals surface area (Å²) in [6, 6.07) is -0.625. The smallest absolute Gasteiger partial charge is 0.305 e. The Kier molecular flexibility index (Phi) is 63.0. The van der Waals surface area contributed by atoms with Gasteiger partial charge in [0.2, 0.25) is 5.91 Å². The van der Waals surface area contributed by atoms with Gasteiger partial charge in [0.05, 0.1) is 25.4 Å². The topological polar surface area (TPSA) is 95.9 Å². The van der Waals surface area contributed by atoms with Gasteiger partial charge >= 0.3 is 5.97 Å². The van der Waals surface area contributed by atoms with Crippen molar-refractivity contribution in [3.8, 4) is 0 Å². The van der Waals surface area contributed by atoms with Crippen LogP contribution in [0.5, 0.6) is 0 Å². The molecular formula is C69H131NO5. The number of allylic oxidation sites excluding steroid dienone is 5. The van der Waals surface area contributed by atoms with Crippen LogP contribution < -0.4 is 5.32 Å². The summed E-state index contributed by atoms with van der Waals surface area (Å²) in [7, 11) is 0. The molecule has 0 radical (unpaired) electrons. The monoisotopic (exact) mass is 1050 g/mol. The van der Waals surface area contributed by atoms with E-state index in [1.54, 1.807) is 6.08 Å². The van der Waals surface area contributed by atoms with E-state index in [2.05, 4.69) is 43.5 Å². The van der Waals surface area contributed by atoms with Gasteiger partial charge < -0.3 is 20.3 Å². The molecule has 0 aromatic heterocycles. The standard InChI is InChI=1S/C69H131NO5/c1-3-5-7-9-11-13-15-17-18-19-28-32-35-39-43-47-51-55-59-63-69(74)75-64-60-56-52-48-44-40-36-33-30-27-25-23-21-20-22-24-26-29-31-34-38-42-46-50-54-58-62-68(73)70-66(65-71)67(72)61-57-53-49-45-41-37-16-14-12-10-8-6-4-2/h11,13,17-18,57,61,66-67,71-72H,3-10,12,14-16,19-56,58-60,62-65H2,1-2H3,(H,70,73)/b13-11-,18-17-,61-57+. The van der Waals surface area contributed by atoms with Crippen LogP contribution >= 0.6 is 0 Å². The van der Waals surface area contributed by atoms with Crippen LogP contribution in [-0.4, -0.2) is 47.4 Å². The fourth-order valence-electron chi connectivity index (χ4n) is 10.5. The quantitative estimate of drug-likeness (QED) is 0.0320. The summed E-state index contributed by atoms with van der Waals surface area (Å²) in [6.07, 6.45) is 82.1. The van der Waals surface area contributed by atoms with Crippen LogP contribution in [0.3, 0.4) is 0 Å². The van der Waals surface area contributed by atoms with Crippen LogP contribution in [0.25, 0.3) is 0 Å². The minimum Gasteiger partial charge on any atom is -0.466 e. The molecule has 75 heavy (non-hydrogen) atoms. The van der Waals surface area contributed by atoms with Crippen molar-refractivity contribution < 1.29 is 24.5 Å². The van der Waals surface area contributed by atoms with Gasteiger partial charge in [0.25, 0.3) is 0 Å². The Morgan fingerprint density at radius 2 is 0.667 bits per heavy atom. The fraction of sp³-hybridized carbons (Fsp3) is 0.884. The largest absolute Gasteiger partial charge is 0.466 e. The Balaban J connectivity index is 3.35. The highest BCUT2D eigenvalue weighted by Crippen LogP contribution is 2.18. The molecule has 0 aliphatic rings. The molecule has 0 rings (SSSR count). The molecule has 3 N–H and O–H groups in total. The van der Waals surface area contributed by atoms with Crippen molar-refractivity contribution in [1.29, 1.82) is 0 Å². The number of rotatable bonds is 63. The van der Waals surface area contributed by atoms with Gasteiger partial charge in [0, 0.05) is 12.8 Å². The number of hydrogen-bond acceptors (Lipinski definition) is 5. The molecule has 1 amide bonds. The van der Waals surface area contributed by atoms with Crippen molar-refractivity contribution in [3.05, 3.63) is 36.5 Å². The average Bonchev–Trinajstić information content (AvgIpc) is 3.41. The predicted octanol–water partition coefficient (Wildman–Crippen LogP) is 21.5. The highest BCUT2D eigenvalue weighted by atomic mass is 16.5. The van der Waals surface area contributed by atoms with Crippen molar-refractivity contribution in [2.75, 3.05) is 13.2 Å². The van der Waals surface area contributed by atoms with Gasteiger partial charge in [0.1, 0.15) is 0 Å². The first-order valence-corrected chi connectivity index (χ1v) is 33.8. The second kappa shape index (κ2) is 64.6.